The van der Waals surface area contributed by atoms with Crippen molar-refractivity contribution in [3.63, 3.8) is 0 Å². The topological polar surface area (TPSA) is 239 Å². The molecule has 0 aromatic heterocycles. The van der Waals surface area contributed by atoms with E-state index in [1.807, 2.05) is 39.8 Å². The molecule has 72 heavy (non-hydrogen) atoms. The van der Waals surface area contributed by atoms with Crippen molar-refractivity contribution in [1.29, 1.82) is 0 Å². The van der Waals surface area contributed by atoms with Gasteiger partial charge in [0.15, 0.2) is 0 Å². The summed E-state index contributed by atoms with van der Waals surface area (Å²) < 4.78 is 0. The number of fused-ring (bicyclic) bond motifs is 2. The third-order valence-corrected chi connectivity index (χ3v) is 17.7. The van der Waals surface area contributed by atoms with E-state index in [-0.39, 0.29) is 46.5 Å². The van der Waals surface area contributed by atoms with Crippen molar-refractivity contribution >= 4 is 70.8 Å². The van der Waals surface area contributed by atoms with Crippen molar-refractivity contribution in [3.05, 3.63) is 71.8 Å². The SMILES string of the molecule is CN[C@@H](C)C(=O)N[C@H]1CCSC2CC(C)(C)[C@@H](C(=O)N[C@@H](C(=O)NC3CCC(NC(=O)[C@@H](NC(=O)[C@H]4N5C(=O)[C@H](NC(=O)[C@@H](C)NC)CCSC5CC4(C)C)c4ccccc4)CC3)c3ccccc3)N2C1=O. The number of likely N-dealkylation sites (N-methyl/N-ethyl adjacent to an activating group) is 2. The predicted molar refractivity (Wildman–Crippen MR) is 278 cm³/mol. The van der Waals surface area contributed by atoms with Crippen LogP contribution in [0.2, 0.25) is 0 Å². The number of hydrogen-bond donors (Lipinski definition) is 8. The fraction of sp³-hybridized carbons (Fsp3) is 0.615. The van der Waals surface area contributed by atoms with E-state index in [1.54, 1.807) is 110 Å². The monoisotopic (exact) mass is 1030 g/mol. The summed E-state index contributed by atoms with van der Waals surface area (Å²) in [6, 6.07) is 10.9. The quantitative estimate of drug-likeness (QED) is 0.121. The van der Waals surface area contributed by atoms with Gasteiger partial charge in [-0.3, -0.25) is 38.4 Å². The Bertz CT molecular complexity index is 2160. The fourth-order valence-corrected chi connectivity index (χ4v) is 14.0. The average Bonchev–Trinajstić information content (AvgIpc) is 3.68. The van der Waals surface area contributed by atoms with E-state index in [1.165, 1.54) is 0 Å². The van der Waals surface area contributed by atoms with Crippen molar-refractivity contribution in [1.82, 2.24) is 52.3 Å². The number of nitrogens with one attached hydrogen (secondary N) is 8. The third kappa shape index (κ3) is 12.2. The van der Waals surface area contributed by atoms with Crippen LogP contribution in [0, 0.1) is 10.8 Å². The first-order valence-corrected chi connectivity index (χ1v) is 27.5. The zero-order valence-electron chi connectivity index (χ0n) is 42.7. The molecule has 0 radical (unpaired) electrons. The number of carbonyl (C=O) groups is 8. The molecule has 4 saturated heterocycles. The van der Waals surface area contributed by atoms with Gasteiger partial charge in [0.2, 0.25) is 47.3 Å². The summed E-state index contributed by atoms with van der Waals surface area (Å²) in [5.41, 5.74) is -0.120. The van der Waals surface area contributed by atoms with Gasteiger partial charge in [-0.2, -0.15) is 0 Å². The van der Waals surface area contributed by atoms with Gasteiger partial charge in [-0.25, -0.2) is 0 Å². The van der Waals surface area contributed by atoms with Crippen molar-refractivity contribution in [3.8, 4) is 0 Å². The number of carbonyl (C=O) groups excluding carboxylic acids is 8. The molecule has 18 nitrogen and oxygen atoms in total. The first-order chi connectivity index (χ1) is 34.2. The standard InChI is InChI=1S/C52H74N10O8S2/c1-29(53-7)43(63)57-35-23-25-71-37-27-51(3,4)41(61(37)49(35)69)47(67)59-39(31-15-11-9-12-16-31)45(65)55-33-19-21-34(22-20-33)56-46(66)40(32-17-13-10-14-18-32)60-48(68)42-52(5,6)28-38-62(42)50(70)36(24-26-72-38)58-44(64)30(2)54-8/h9-18,29-30,33-42,53-54H,19-28H2,1-8H3,(H,55,65)(H,56,66)(H,57,63)(H,58,64)(H,59,67)(H,60,68)/t29-,30+,33?,34?,35-,36+,37?,38?,39+,40-,41-,42-/m1/s1. The Morgan fingerprint density at radius 1 is 0.528 bits per heavy atom. The van der Waals surface area contributed by atoms with E-state index in [4.69, 9.17) is 0 Å². The zero-order chi connectivity index (χ0) is 52.1. The highest BCUT2D eigenvalue weighted by atomic mass is 32.2. The van der Waals surface area contributed by atoms with Crippen LogP contribution >= 0.6 is 23.5 Å². The highest BCUT2D eigenvalue weighted by molar-refractivity contribution is 8.00. The summed E-state index contributed by atoms with van der Waals surface area (Å²) in [6.45, 7) is 11.2. The van der Waals surface area contributed by atoms with Crippen LogP contribution in [0.4, 0.5) is 0 Å². The maximum Gasteiger partial charge on any atom is 0.247 e. The molecule has 1 aliphatic carbocycles. The molecule has 2 unspecified atom stereocenters. The lowest BCUT2D eigenvalue weighted by molar-refractivity contribution is -0.144. The molecule has 1 saturated carbocycles. The summed E-state index contributed by atoms with van der Waals surface area (Å²) >= 11 is 3.20. The van der Waals surface area contributed by atoms with Gasteiger partial charge in [0.1, 0.15) is 36.3 Å². The minimum absolute atomic E-state index is 0.268. The number of benzene rings is 2. The highest BCUT2D eigenvalue weighted by Crippen LogP contribution is 2.48. The number of hydrogen-bond acceptors (Lipinski definition) is 12. The molecular weight excluding hydrogens is 957 g/mol. The van der Waals surface area contributed by atoms with Crippen LogP contribution in [0.1, 0.15) is 116 Å². The molecule has 2 aromatic carbocycles. The lowest BCUT2D eigenvalue weighted by Crippen LogP contribution is -2.59. The molecule has 7 rings (SSSR count). The zero-order valence-corrected chi connectivity index (χ0v) is 44.4. The molecule has 392 valence electrons. The van der Waals surface area contributed by atoms with Crippen LogP contribution in [0.25, 0.3) is 0 Å². The van der Waals surface area contributed by atoms with E-state index in [0.717, 1.165) is 0 Å². The average molecular weight is 1030 g/mol. The molecule has 0 spiro atoms. The van der Waals surface area contributed by atoms with Crippen molar-refractivity contribution in [2.45, 2.75) is 164 Å². The Balaban J connectivity index is 1.00. The Labute approximate surface area is 432 Å². The van der Waals surface area contributed by atoms with Crippen LogP contribution in [0.3, 0.4) is 0 Å². The van der Waals surface area contributed by atoms with Crippen LogP contribution < -0.4 is 42.5 Å². The molecule has 2 aromatic rings. The van der Waals surface area contributed by atoms with E-state index in [0.29, 0.717) is 74.0 Å². The summed E-state index contributed by atoms with van der Waals surface area (Å²) in [4.78, 5) is 115. The molecule has 4 heterocycles. The normalized spacial score (nSPS) is 28.3. The smallest absolute Gasteiger partial charge is 0.247 e. The maximum atomic E-state index is 14.6. The van der Waals surface area contributed by atoms with Crippen LogP contribution in [0.5, 0.6) is 0 Å². The second-order valence-corrected chi connectivity index (χ2v) is 23.9. The molecule has 8 amide bonds. The molecule has 4 aliphatic heterocycles. The molecule has 5 fully saturated rings. The molecule has 10 atom stereocenters. The van der Waals surface area contributed by atoms with Gasteiger partial charge in [0.05, 0.1) is 22.8 Å². The largest absolute Gasteiger partial charge is 0.351 e. The third-order valence-electron chi connectivity index (χ3n) is 15.2. The Hall–Kier alpha value is -5.18. The lowest BCUT2D eigenvalue weighted by Gasteiger charge is -2.36. The van der Waals surface area contributed by atoms with Crippen molar-refractivity contribution in [2.75, 3.05) is 25.6 Å². The van der Waals surface area contributed by atoms with Gasteiger partial charge in [-0.15, -0.1) is 23.5 Å². The number of nitrogens with zero attached hydrogens (tertiary/aromatic N) is 2. The van der Waals surface area contributed by atoms with Gasteiger partial charge in [0.25, 0.3) is 0 Å². The van der Waals surface area contributed by atoms with Gasteiger partial charge in [-0.05, 0) is 113 Å². The lowest BCUT2D eigenvalue weighted by atomic mass is 9.83. The van der Waals surface area contributed by atoms with Crippen molar-refractivity contribution < 1.29 is 38.4 Å². The van der Waals surface area contributed by atoms with E-state index < -0.39 is 82.8 Å². The molecule has 8 N–H and O–H groups in total. The fourth-order valence-electron chi connectivity index (χ4n) is 10.8. The molecule has 0 bridgehead atoms. The van der Waals surface area contributed by atoms with E-state index in [2.05, 4.69) is 42.5 Å². The Morgan fingerprint density at radius 2 is 0.875 bits per heavy atom. The van der Waals surface area contributed by atoms with Gasteiger partial charge in [-0.1, -0.05) is 88.4 Å². The van der Waals surface area contributed by atoms with Crippen LogP contribution in [-0.4, -0.2) is 142 Å². The number of thioether (sulfide) groups is 2. The molecule has 5 aliphatic rings. The first-order valence-electron chi connectivity index (χ1n) is 25.4. The Morgan fingerprint density at radius 3 is 1.21 bits per heavy atom. The second kappa shape index (κ2) is 23.4. The van der Waals surface area contributed by atoms with Crippen LogP contribution in [0.15, 0.2) is 60.7 Å². The summed E-state index contributed by atoms with van der Waals surface area (Å²) in [5, 5.41) is 23.5. The van der Waals surface area contributed by atoms with Gasteiger partial charge < -0.3 is 52.3 Å². The molecular formula is C52H74N10O8S2. The number of rotatable bonds is 16. The first kappa shape index (κ1) is 54.6. The van der Waals surface area contributed by atoms with Crippen LogP contribution in [-0.2, 0) is 38.4 Å². The second-order valence-electron chi connectivity index (χ2n) is 21.3. The highest BCUT2D eigenvalue weighted by Gasteiger charge is 2.56. The minimum atomic E-state index is -1.07. The number of amides is 8. The van der Waals surface area contributed by atoms with Crippen molar-refractivity contribution in [2.24, 2.45) is 10.8 Å². The summed E-state index contributed by atoms with van der Waals surface area (Å²) in [6.07, 6.45) is 4.11. The Kier molecular flexibility index (Phi) is 17.7. The minimum Gasteiger partial charge on any atom is -0.351 e. The van der Waals surface area contributed by atoms with E-state index in [9.17, 15) is 38.4 Å². The molecule has 20 heteroatoms. The van der Waals surface area contributed by atoms with Gasteiger partial charge in [0, 0.05) is 12.1 Å². The summed E-state index contributed by atoms with van der Waals surface area (Å²) in [7, 11) is 3.35. The van der Waals surface area contributed by atoms with E-state index >= 15 is 0 Å². The maximum absolute atomic E-state index is 14.6. The van der Waals surface area contributed by atoms with Gasteiger partial charge >= 0.3 is 0 Å². The summed E-state index contributed by atoms with van der Waals surface area (Å²) in [5.74, 6) is -1.69. The predicted octanol–water partition coefficient (Wildman–Crippen LogP) is 2.61.